The predicted octanol–water partition coefficient (Wildman–Crippen LogP) is 13.8. The summed E-state index contributed by atoms with van der Waals surface area (Å²) in [7, 11) is 0. The fourth-order valence-electron chi connectivity index (χ4n) is 9.97. The summed E-state index contributed by atoms with van der Waals surface area (Å²) in [5, 5.41) is 2.53. The van der Waals surface area contributed by atoms with E-state index in [1.807, 2.05) is 0 Å². The first-order valence-electron chi connectivity index (χ1n) is 19.9. The Bertz CT molecular complexity index is 3120. The lowest BCUT2D eigenvalue weighted by atomic mass is 9.80. The van der Waals surface area contributed by atoms with Crippen LogP contribution in [0.15, 0.2) is 206 Å². The van der Waals surface area contributed by atoms with Crippen LogP contribution in [0.2, 0.25) is 0 Å². The second-order valence-corrected chi connectivity index (χ2v) is 15.4. The van der Waals surface area contributed by atoms with Crippen LogP contribution in [0.1, 0.15) is 45.2 Å². The van der Waals surface area contributed by atoms with E-state index < -0.39 is 0 Å². The highest BCUT2D eigenvalue weighted by atomic mass is 15.0. The molecule has 2 heterocycles. The number of para-hydroxylation sites is 2. The van der Waals surface area contributed by atoms with E-state index in [4.69, 9.17) is 4.98 Å². The molecule has 2 aliphatic rings. The van der Waals surface area contributed by atoms with E-state index >= 15 is 0 Å². The average Bonchev–Trinajstić information content (AvgIpc) is 3.93. The molecule has 2 nitrogen and oxygen atoms in total. The number of hydrogen-bond donors (Lipinski definition) is 0. The molecule has 0 N–H and O–H groups in total. The average molecular weight is 725 g/mol. The monoisotopic (exact) mass is 724 g/mol. The van der Waals surface area contributed by atoms with Crippen molar-refractivity contribution in [3.63, 3.8) is 0 Å². The molecule has 2 heteroatoms. The highest BCUT2D eigenvalue weighted by molar-refractivity contribution is 6.09. The lowest BCUT2D eigenvalue weighted by molar-refractivity contribution is 0.936. The van der Waals surface area contributed by atoms with Crippen molar-refractivity contribution in [1.29, 1.82) is 0 Å². The van der Waals surface area contributed by atoms with Crippen molar-refractivity contribution in [3.8, 4) is 50.5 Å². The van der Waals surface area contributed by atoms with Crippen LogP contribution in [-0.2, 0) is 0 Å². The molecule has 0 saturated carbocycles. The lowest BCUT2D eigenvalue weighted by Crippen LogP contribution is -2.08. The molecular weight excluding hydrogens is 689 g/mol. The molecule has 0 bridgehead atoms. The van der Waals surface area contributed by atoms with Gasteiger partial charge in [-0.05, 0) is 92.0 Å². The molecule has 0 aliphatic heterocycles. The Balaban J connectivity index is 1.07. The van der Waals surface area contributed by atoms with Crippen molar-refractivity contribution < 1.29 is 0 Å². The number of pyridine rings is 1. The van der Waals surface area contributed by atoms with Crippen molar-refractivity contribution in [2.75, 3.05) is 0 Å². The number of rotatable bonds is 5. The van der Waals surface area contributed by atoms with E-state index in [-0.39, 0.29) is 11.8 Å². The number of fused-ring (bicyclic) bond motifs is 10. The Morgan fingerprint density at radius 2 is 0.807 bits per heavy atom. The molecule has 266 valence electrons. The van der Waals surface area contributed by atoms with Gasteiger partial charge < -0.3 is 4.57 Å². The summed E-state index contributed by atoms with van der Waals surface area (Å²) < 4.78 is 2.38. The normalized spacial score (nSPS) is 15.0. The largest absolute Gasteiger partial charge is 0.309 e. The van der Waals surface area contributed by atoms with Gasteiger partial charge in [0.15, 0.2) is 0 Å². The zero-order valence-corrected chi connectivity index (χ0v) is 31.2. The third kappa shape index (κ3) is 4.87. The highest BCUT2D eigenvalue weighted by Crippen LogP contribution is 2.58. The summed E-state index contributed by atoms with van der Waals surface area (Å²) >= 11 is 0. The standard InChI is InChI=1S/C55H36N2/c1-3-15-35(16-4-1)48-33-38(34-49(56-48)36-27-29-39(30-28-36)57-50-25-13-11-21-42(50)43-22-12-14-26-51(43)57)53-45-24-10-8-20-41(45)47-32-31-46-40-19-7-9-23-44(40)52(54(46)55(47)53)37-17-5-2-6-18-37/h1-34,52-53H. The number of hydrogen-bond acceptors (Lipinski definition) is 1. The van der Waals surface area contributed by atoms with Crippen molar-refractivity contribution in [1.82, 2.24) is 9.55 Å². The zero-order valence-electron chi connectivity index (χ0n) is 31.2. The van der Waals surface area contributed by atoms with Crippen molar-refractivity contribution >= 4 is 21.8 Å². The SMILES string of the molecule is c1ccc(-c2cc(C3c4ccccc4-c4ccc5c(c43)C(c3ccccc3)c3ccccc3-5)cc(-c3ccc(-n4c5ccccc5c5ccccc54)cc3)n2)cc1. The highest BCUT2D eigenvalue weighted by Gasteiger charge is 2.40. The van der Waals surface area contributed by atoms with Gasteiger partial charge in [-0.1, -0.05) is 170 Å². The van der Waals surface area contributed by atoms with Gasteiger partial charge in [-0.3, -0.25) is 0 Å². The topological polar surface area (TPSA) is 17.8 Å². The number of benzene rings is 8. The molecule has 0 spiro atoms. The van der Waals surface area contributed by atoms with E-state index in [1.54, 1.807) is 0 Å². The molecule has 0 saturated heterocycles. The molecule has 2 aromatic heterocycles. The van der Waals surface area contributed by atoms with E-state index in [1.165, 1.54) is 77.4 Å². The zero-order chi connectivity index (χ0) is 37.5. The van der Waals surface area contributed by atoms with E-state index in [9.17, 15) is 0 Å². The summed E-state index contributed by atoms with van der Waals surface area (Å²) in [6.45, 7) is 0. The Morgan fingerprint density at radius 1 is 0.351 bits per heavy atom. The minimum Gasteiger partial charge on any atom is -0.309 e. The fraction of sp³-hybridized carbons (Fsp3) is 0.0364. The van der Waals surface area contributed by atoms with Crippen LogP contribution < -0.4 is 0 Å². The molecule has 0 fully saturated rings. The second kappa shape index (κ2) is 12.6. The molecular formula is C55H36N2. The third-order valence-corrected chi connectivity index (χ3v) is 12.4. The van der Waals surface area contributed by atoms with Crippen LogP contribution in [0.5, 0.6) is 0 Å². The van der Waals surface area contributed by atoms with Gasteiger partial charge in [0.2, 0.25) is 0 Å². The minimum atomic E-state index is 0.0350. The maximum atomic E-state index is 5.41. The van der Waals surface area contributed by atoms with Crippen LogP contribution in [-0.4, -0.2) is 9.55 Å². The molecule has 2 aliphatic carbocycles. The molecule has 2 unspecified atom stereocenters. The molecule has 0 radical (unpaired) electrons. The van der Waals surface area contributed by atoms with Gasteiger partial charge in [-0.2, -0.15) is 0 Å². The Morgan fingerprint density at radius 3 is 1.39 bits per heavy atom. The van der Waals surface area contributed by atoms with Crippen LogP contribution >= 0.6 is 0 Å². The quantitative estimate of drug-likeness (QED) is 0.173. The summed E-state index contributed by atoms with van der Waals surface area (Å²) in [6, 6.07) is 75.6. The molecule has 2 atom stereocenters. The van der Waals surface area contributed by atoms with Gasteiger partial charge in [0.05, 0.1) is 22.4 Å². The predicted molar refractivity (Wildman–Crippen MR) is 235 cm³/mol. The van der Waals surface area contributed by atoms with Crippen LogP contribution in [0.3, 0.4) is 0 Å². The van der Waals surface area contributed by atoms with Crippen molar-refractivity contribution in [2.24, 2.45) is 0 Å². The summed E-state index contributed by atoms with van der Waals surface area (Å²) in [5.41, 5.74) is 21.2. The number of aromatic nitrogens is 2. The molecule has 57 heavy (non-hydrogen) atoms. The van der Waals surface area contributed by atoms with Crippen LogP contribution in [0.4, 0.5) is 0 Å². The van der Waals surface area contributed by atoms with E-state index in [0.29, 0.717) is 0 Å². The smallest absolute Gasteiger partial charge is 0.0712 e. The van der Waals surface area contributed by atoms with Gasteiger partial charge in [0.25, 0.3) is 0 Å². The first-order chi connectivity index (χ1) is 28.3. The minimum absolute atomic E-state index is 0.0350. The van der Waals surface area contributed by atoms with Crippen LogP contribution in [0, 0.1) is 0 Å². The van der Waals surface area contributed by atoms with Crippen molar-refractivity contribution in [2.45, 2.75) is 11.8 Å². The molecule has 10 aromatic rings. The van der Waals surface area contributed by atoms with Gasteiger partial charge in [0.1, 0.15) is 0 Å². The summed E-state index contributed by atoms with van der Waals surface area (Å²) in [4.78, 5) is 5.41. The maximum Gasteiger partial charge on any atom is 0.0712 e. The van der Waals surface area contributed by atoms with Gasteiger partial charge in [-0.15, -0.1) is 0 Å². The Hall–Kier alpha value is -7.29. The van der Waals surface area contributed by atoms with E-state index in [0.717, 1.165) is 28.2 Å². The first-order valence-corrected chi connectivity index (χ1v) is 19.9. The summed E-state index contributed by atoms with van der Waals surface area (Å²) in [6.07, 6.45) is 0. The molecule has 0 amide bonds. The summed E-state index contributed by atoms with van der Waals surface area (Å²) in [5.74, 6) is 0.181. The van der Waals surface area contributed by atoms with Crippen molar-refractivity contribution in [3.05, 3.63) is 240 Å². The number of nitrogens with zero attached hydrogens (tertiary/aromatic N) is 2. The molecule has 8 aromatic carbocycles. The fourth-order valence-corrected chi connectivity index (χ4v) is 9.97. The lowest BCUT2D eigenvalue weighted by Gasteiger charge is -2.23. The third-order valence-electron chi connectivity index (χ3n) is 12.4. The van der Waals surface area contributed by atoms with E-state index in [2.05, 4.69) is 211 Å². The Kier molecular flexibility index (Phi) is 7.09. The Labute approximate surface area is 332 Å². The second-order valence-electron chi connectivity index (χ2n) is 15.4. The maximum absolute atomic E-state index is 5.41. The van der Waals surface area contributed by atoms with Gasteiger partial charge in [0, 0.05) is 39.4 Å². The van der Waals surface area contributed by atoms with Crippen LogP contribution in [0.25, 0.3) is 72.3 Å². The molecule has 12 rings (SSSR count). The van der Waals surface area contributed by atoms with Gasteiger partial charge >= 0.3 is 0 Å². The first kappa shape index (κ1) is 32.0. The van der Waals surface area contributed by atoms with Gasteiger partial charge in [-0.25, -0.2) is 4.98 Å².